The van der Waals surface area contributed by atoms with Gasteiger partial charge in [0.25, 0.3) is 5.91 Å². The number of Topliss-reactive ketones (excluding diaryl/α,β-unsaturated/α-hetero) is 2. The van der Waals surface area contributed by atoms with Crippen molar-refractivity contribution >= 4 is 28.9 Å². The summed E-state index contributed by atoms with van der Waals surface area (Å²) in [5.74, 6) is -7.19. The van der Waals surface area contributed by atoms with Gasteiger partial charge in [0, 0.05) is 49.3 Å². The Kier molecular flexibility index (Phi) is 7.33. The summed E-state index contributed by atoms with van der Waals surface area (Å²) in [5, 5.41) is 48.9. The molecule has 10 heteroatoms. The molecule has 3 aliphatic carbocycles. The number of amides is 1. The molecule has 1 fully saturated rings. The highest BCUT2D eigenvalue weighted by atomic mass is 16.3. The molecule has 0 aliphatic heterocycles. The number of primary amides is 1. The van der Waals surface area contributed by atoms with Crippen LogP contribution >= 0.6 is 0 Å². The molecule has 0 heterocycles. The first-order valence-corrected chi connectivity index (χ1v) is 13.4. The zero-order chi connectivity index (χ0) is 29.1. The van der Waals surface area contributed by atoms with E-state index in [0.29, 0.717) is 30.1 Å². The zero-order valence-corrected chi connectivity index (χ0v) is 23.3. The van der Waals surface area contributed by atoms with E-state index in [9.17, 15) is 34.8 Å². The summed E-state index contributed by atoms with van der Waals surface area (Å²) in [6.45, 7) is 8.64. The van der Waals surface area contributed by atoms with Gasteiger partial charge in [-0.05, 0) is 48.8 Å². The predicted molar refractivity (Wildman–Crippen MR) is 146 cm³/mol. The van der Waals surface area contributed by atoms with Crippen molar-refractivity contribution in [1.29, 1.82) is 0 Å². The minimum atomic E-state index is -2.61. The molecule has 39 heavy (non-hydrogen) atoms. The van der Waals surface area contributed by atoms with E-state index in [-0.39, 0.29) is 35.6 Å². The van der Waals surface area contributed by atoms with Crippen LogP contribution in [0.2, 0.25) is 0 Å². The normalized spacial score (nSPS) is 26.6. The van der Waals surface area contributed by atoms with E-state index in [1.54, 1.807) is 13.8 Å². The van der Waals surface area contributed by atoms with Crippen LogP contribution in [0.25, 0.3) is 5.76 Å². The fraction of sp³-hybridized carbons (Fsp3) is 0.552. The lowest BCUT2D eigenvalue weighted by molar-refractivity contribution is -0.155. The SMILES string of the molecule is CC(C)CNCc1cc(N(C)C)c2c(c1O)C(O)=C1C(=O)[C@]3(O)C(O)=C(C(N)=O)C(=O)[C@@H](C(C)C)[C@@H]3C[C@@H]1C2. The first-order chi connectivity index (χ1) is 18.1. The maximum absolute atomic E-state index is 14.0. The lowest BCUT2D eigenvalue weighted by Gasteiger charge is -2.50. The Morgan fingerprint density at radius 2 is 1.82 bits per heavy atom. The third-order valence-corrected chi connectivity index (χ3v) is 8.37. The number of carbonyl (C=O) groups is 3. The Balaban J connectivity index is 1.93. The summed E-state index contributed by atoms with van der Waals surface area (Å²) in [4.78, 5) is 41.3. The van der Waals surface area contributed by atoms with Gasteiger partial charge >= 0.3 is 0 Å². The number of nitrogens with zero attached hydrogens (tertiary/aromatic N) is 1. The Labute approximate surface area is 228 Å². The Bertz CT molecular complexity index is 1310. The maximum Gasteiger partial charge on any atom is 0.255 e. The number of aromatic hydroxyl groups is 1. The number of carbonyl (C=O) groups excluding carboxylic acids is 3. The molecule has 4 atom stereocenters. The van der Waals surface area contributed by atoms with Gasteiger partial charge in [0.2, 0.25) is 5.78 Å². The highest BCUT2D eigenvalue weighted by Crippen LogP contribution is 2.55. The molecule has 1 saturated carbocycles. The summed E-state index contributed by atoms with van der Waals surface area (Å²) in [7, 11) is 3.70. The van der Waals surface area contributed by atoms with Crippen molar-refractivity contribution in [1.82, 2.24) is 5.32 Å². The average molecular weight is 542 g/mol. The third kappa shape index (κ3) is 4.30. The van der Waals surface area contributed by atoms with Crippen molar-refractivity contribution in [3.63, 3.8) is 0 Å². The number of hydrogen-bond donors (Lipinski definition) is 6. The Morgan fingerprint density at radius 3 is 2.36 bits per heavy atom. The van der Waals surface area contributed by atoms with Crippen LogP contribution in [-0.4, -0.2) is 64.1 Å². The van der Waals surface area contributed by atoms with Crippen molar-refractivity contribution in [3.8, 4) is 5.75 Å². The van der Waals surface area contributed by atoms with Gasteiger partial charge in [0.1, 0.15) is 22.8 Å². The van der Waals surface area contributed by atoms with Crippen molar-refractivity contribution in [2.45, 2.75) is 52.7 Å². The lowest BCUT2D eigenvalue weighted by Crippen LogP contribution is -2.62. The van der Waals surface area contributed by atoms with Crippen molar-refractivity contribution < 1.29 is 34.8 Å². The first-order valence-electron chi connectivity index (χ1n) is 13.4. The van der Waals surface area contributed by atoms with E-state index in [1.165, 1.54) is 0 Å². The number of phenols is 1. The number of anilines is 1. The number of aliphatic hydroxyl groups is 3. The largest absolute Gasteiger partial charge is 0.508 e. The Hall–Kier alpha value is -3.37. The van der Waals surface area contributed by atoms with Gasteiger partial charge in [-0.1, -0.05) is 27.7 Å². The van der Waals surface area contributed by atoms with E-state index in [0.717, 1.165) is 5.69 Å². The van der Waals surface area contributed by atoms with Gasteiger partial charge in [0.15, 0.2) is 11.4 Å². The molecule has 0 saturated heterocycles. The van der Waals surface area contributed by atoms with Gasteiger partial charge < -0.3 is 36.4 Å². The predicted octanol–water partition coefficient (Wildman–Crippen LogP) is 2.12. The number of nitrogens with two attached hydrogens (primary N) is 1. The van der Waals surface area contributed by atoms with Gasteiger partial charge in [-0.3, -0.25) is 14.4 Å². The van der Waals surface area contributed by atoms with Crippen LogP contribution in [0, 0.1) is 29.6 Å². The topological polar surface area (TPSA) is 173 Å². The van der Waals surface area contributed by atoms with Crippen LogP contribution in [0.5, 0.6) is 5.75 Å². The Morgan fingerprint density at radius 1 is 1.18 bits per heavy atom. The lowest BCUT2D eigenvalue weighted by atomic mass is 9.54. The smallest absolute Gasteiger partial charge is 0.255 e. The molecule has 1 aromatic rings. The summed E-state index contributed by atoms with van der Waals surface area (Å²) in [5.41, 5.74) is 3.91. The number of aliphatic hydroxyl groups excluding tert-OH is 2. The number of fused-ring (bicyclic) bond motifs is 3. The molecule has 10 nitrogen and oxygen atoms in total. The number of phenolic OH excluding ortho intramolecular Hbond substituents is 1. The fourth-order valence-corrected chi connectivity index (χ4v) is 6.62. The molecule has 3 aliphatic rings. The standard InChI is InChI=1S/C29H39N3O7/c1-12(2)10-31-11-15-9-18(32(5)6)16-7-14-8-17-19(13(3)4)24(34)22(28(30)38)27(37)29(17,39)26(36)20(14)25(35)21(16)23(15)33/h9,12-14,17,19,31,33,35,37,39H,7-8,10-11H2,1-6H3,(H2,30,38)/t14-,17-,19-,29-/m0/s1. The van der Waals surface area contributed by atoms with Gasteiger partial charge in [-0.2, -0.15) is 0 Å². The molecular weight excluding hydrogens is 502 g/mol. The third-order valence-electron chi connectivity index (χ3n) is 8.37. The molecule has 0 spiro atoms. The van der Waals surface area contributed by atoms with Crippen molar-refractivity contribution in [2.24, 2.45) is 35.3 Å². The van der Waals surface area contributed by atoms with E-state index in [4.69, 9.17) is 5.73 Å². The van der Waals surface area contributed by atoms with E-state index in [1.807, 2.05) is 25.1 Å². The molecule has 1 amide bonds. The number of rotatable bonds is 7. The van der Waals surface area contributed by atoms with Crippen LogP contribution in [-0.2, 0) is 27.3 Å². The molecule has 0 bridgehead atoms. The minimum absolute atomic E-state index is 0.0943. The van der Waals surface area contributed by atoms with Gasteiger partial charge in [0.05, 0.1) is 5.56 Å². The molecule has 0 unspecified atom stereocenters. The number of nitrogens with one attached hydrogen (secondary N) is 1. The number of benzene rings is 1. The molecular formula is C29H39N3O7. The average Bonchev–Trinajstić information content (AvgIpc) is 2.81. The van der Waals surface area contributed by atoms with E-state index in [2.05, 4.69) is 19.2 Å². The highest BCUT2D eigenvalue weighted by Gasteiger charge is 2.64. The highest BCUT2D eigenvalue weighted by molar-refractivity contribution is 6.23. The van der Waals surface area contributed by atoms with Crippen molar-refractivity contribution in [2.75, 3.05) is 25.5 Å². The summed E-state index contributed by atoms with van der Waals surface area (Å²) in [6.07, 6.45) is 0.358. The van der Waals surface area contributed by atoms with Crippen LogP contribution in [0.3, 0.4) is 0 Å². The van der Waals surface area contributed by atoms with E-state index < -0.39 is 57.9 Å². The summed E-state index contributed by atoms with van der Waals surface area (Å²) >= 11 is 0. The second-order valence-electron chi connectivity index (χ2n) is 12.0. The summed E-state index contributed by atoms with van der Waals surface area (Å²) < 4.78 is 0. The number of ketones is 2. The quantitative estimate of drug-likeness (QED) is 0.283. The van der Waals surface area contributed by atoms with E-state index >= 15 is 0 Å². The molecule has 1 aromatic carbocycles. The second kappa shape index (κ2) is 9.98. The van der Waals surface area contributed by atoms with Gasteiger partial charge in [-0.15, -0.1) is 0 Å². The van der Waals surface area contributed by atoms with Crippen molar-refractivity contribution in [3.05, 3.63) is 39.7 Å². The van der Waals surface area contributed by atoms with Gasteiger partial charge in [-0.25, -0.2) is 0 Å². The first kappa shape index (κ1) is 28.6. The second-order valence-corrected chi connectivity index (χ2v) is 12.0. The monoisotopic (exact) mass is 541 g/mol. The molecule has 0 aromatic heterocycles. The molecule has 212 valence electrons. The van der Waals surface area contributed by atoms with Crippen LogP contribution in [0.15, 0.2) is 23.0 Å². The molecule has 7 N–H and O–H groups in total. The van der Waals surface area contributed by atoms with Crippen LogP contribution < -0.4 is 16.0 Å². The molecule has 0 radical (unpaired) electrons. The zero-order valence-electron chi connectivity index (χ0n) is 23.3. The molecule has 4 rings (SSSR count). The fourth-order valence-electron chi connectivity index (χ4n) is 6.62. The van der Waals surface area contributed by atoms with Crippen LogP contribution in [0.1, 0.15) is 50.8 Å². The van der Waals surface area contributed by atoms with Crippen LogP contribution in [0.4, 0.5) is 5.69 Å². The minimum Gasteiger partial charge on any atom is -0.508 e. The maximum atomic E-state index is 14.0. The summed E-state index contributed by atoms with van der Waals surface area (Å²) in [6, 6.07) is 1.86. The number of hydrogen-bond acceptors (Lipinski definition) is 9.